The first-order valence-corrected chi connectivity index (χ1v) is 8.13. The van der Waals surface area contributed by atoms with Crippen molar-refractivity contribution in [2.45, 2.75) is 51.2 Å². The van der Waals surface area contributed by atoms with Crippen LogP contribution in [0.1, 0.15) is 39.2 Å². The van der Waals surface area contributed by atoms with Crippen molar-refractivity contribution in [3.8, 4) is 0 Å². The highest BCUT2D eigenvalue weighted by Gasteiger charge is 2.38. The van der Waals surface area contributed by atoms with Crippen LogP contribution in [0.15, 0.2) is 30.3 Å². The van der Waals surface area contributed by atoms with Crippen LogP contribution in [0.5, 0.6) is 0 Å². The van der Waals surface area contributed by atoms with E-state index in [0.717, 1.165) is 6.54 Å². The highest BCUT2D eigenvalue weighted by Crippen LogP contribution is 2.30. The molecule has 0 bridgehead atoms. The second kappa shape index (κ2) is 6.91. The van der Waals surface area contributed by atoms with Gasteiger partial charge in [0.25, 0.3) is 0 Å². The molecule has 2 unspecified atom stereocenters. The molecule has 21 heavy (non-hydrogen) atoms. The number of benzene rings is 1. The third-order valence-electron chi connectivity index (χ3n) is 4.83. The molecule has 1 aliphatic carbocycles. The molecule has 2 N–H and O–H groups in total. The second-order valence-corrected chi connectivity index (χ2v) is 6.92. The van der Waals surface area contributed by atoms with E-state index in [1.54, 1.807) is 0 Å². The Labute approximate surface area is 129 Å². The van der Waals surface area contributed by atoms with Crippen molar-refractivity contribution in [1.82, 2.24) is 10.2 Å². The maximum Gasteiger partial charge on any atom is 0.0799 e. The van der Waals surface area contributed by atoms with Crippen LogP contribution in [0, 0.1) is 5.92 Å². The minimum atomic E-state index is -0.361. The molecule has 1 aromatic rings. The van der Waals surface area contributed by atoms with Gasteiger partial charge in [-0.3, -0.25) is 0 Å². The lowest BCUT2D eigenvalue weighted by Crippen LogP contribution is -2.55. The van der Waals surface area contributed by atoms with E-state index in [-0.39, 0.29) is 12.1 Å². The number of hydrogen-bond acceptors (Lipinski definition) is 3. The smallest absolute Gasteiger partial charge is 0.0799 e. The molecule has 0 aliphatic heterocycles. The van der Waals surface area contributed by atoms with E-state index >= 15 is 0 Å². The maximum absolute atomic E-state index is 10.2. The molecule has 0 aromatic heterocycles. The normalized spacial score (nSPS) is 19.8. The largest absolute Gasteiger partial charge is 0.394 e. The lowest BCUT2D eigenvalue weighted by Gasteiger charge is -2.40. The Hall–Kier alpha value is -0.900. The lowest BCUT2D eigenvalue weighted by atomic mass is 9.88. The number of hydrogen-bond donors (Lipinski definition) is 2. The zero-order valence-corrected chi connectivity index (χ0v) is 13.8. The summed E-state index contributed by atoms with van der Waals surface area (Å²) in [4.78, 5) is 2.36. The summed E-state index contributed by atoms with van der Waals surface area (Å²) in [6, 6.07) is 11.4. The summed E-state index contributed by atoms with van der Waals surface area (Å²) in [5.74, 6) is 0.600. The van der Waals surface area contributed by atoms with Gasteiger partial charge in [0.1, 0.15) is 0 Å². The second-order valence-electron chi connectivity index (χ2n) is 6.92. The summed E-state index contributed by atoms with van der Waals surface area (Å²) in [5.41, 5.74) is 0.822. The zero-order chi connectivity index (χ0) is 15.5. The highest BCUT2D eigenvalue weighted by atomic mass is 16.3. The Morgan fingerprint density at radius 1 is 1.24 bits per heavy atom. The van der Waals surface area contributed by atoms with Gasteiger partial charge in [0, 0.05) is 18.6 Å². The fourth-order valence-corrected chi connectivity index (χ4v) is 2.86. The molecule has 0 heterocycles. The monoisotopic (exact) mass is 290 g/mol. The molecule has 2 atom stereocenters. The molecule has 3 heteroatoms. The first-order chi connectivity index (χ1) is 9.98. The number of aliphatic hydroxyl groups excluding tert-OH is 1. The van der Waals surface area contributed by atoms with Gasteiger partial charge < -0.3 is 15.3 Å². The number of nitrogens with one attached hydrogen (secondary N) is 1. The molecule has 118 valence electrons. The molecule has 1 fully saturated rings. The van der Waals surface area contributed by atoms with Crippen LogP contribution in [0.25, 0.3) is 0 Å². The zero-order valence-electron chi connectivity index (χ0n) is 13.8. The van der Waals surface area contributed by atoms with Gasteiger partial charge in [-0.1, -0.05) is 44.2 Å². The lowest BCUT2D eigenvalue weighted by molar-refractivity contribution is 0.0889. The van der Waals surface area contributed by atoms with Crippen molar-refractivity contribution in [1.29, 1.82) is 0 Å². The van der Waals surface area contributed by atoms with Gasteiger partial charge >= 0.3 is 0 Å². The van der Waals surface area contributed by atoms with Gasteiger partial charge in [-0.25, -0.2) is 0 Å². The Bertz CT molecular complexity index is 430. The number of rotatable bonds is 8. The van der Waals surface area contributed by atoms with Crippen LogP contribution in [-0.4, -0.2) is 42.3 Å². The van der Waals surface area contributed by atoms with Crippen molar-refractivity contribution in [3.05, 3.63) is 35.9 Å². The van der Waals surface area contributed by atoms with Crippen LogP contribution < -0.4 is 5.32 Å². The fraction of sp³-hybridized carbons (Fsp3) is 0.667. The van der Waals surface area contributed by atoms with E-state index in [1.807, 2.05) is 6.07 Å². The van der Waals surface area contributed by atoms with Crippen molar-refractivity contribution in [3.63, 3.8) is 0 Å². The first kappa shape index (κ1) is 16.5. The summed E-state index contributed by atoms with van der Waals surface area (Å²) in [5, 5.41) is 13.9. The minimum absolute atomic E-state index is 0.128. The topological polar surface area (TPSA) is 35.5 Å². The molecule has 1 saturated carbocycles. The molecule has 1 aliphatic rings. The van der Waals surface area contributed by atoms with Gasteiger partial charge in [0.05, 0.1) is 12.1 Å². The van der Waals surface area contributed by atoms with Crippen LogP contribution in [0.2, 0.25) is 0 Å². The highest BCUT2D eigenvalue weighted by molar-refractivity contribution is 5.26. The quantitative estimate of drug-likeness (QED) is 0.772. The minimum Gasteiger partial charge on any atom is -0.394 e. The molecule has 0 radical (unpaired) electrons. The Balaban J connectivity index is 2.22. The number of likely N-dealkylation sites (N-methyl/N-ethyl adjacent to an activating group) is 1. The van der Waals surface area contributed by atoms with Crippen LogP contribution >= 0.6 is 0 Å². The van der Waals surface area contributed by atoms with Crippen molar-refractivity contribution >= 4 is 0 Å². The van der Waals surface area contributed by atoms with Crippen LogP contribution in [0.4, 0.5) is 0 Å². The molecule has 1 aromatic carbocycles. The molecule has 0 amide bonds. The first-order valence-electron chi connectivity index (χ1n) is 8.13. The third kappa shape index (κ3) is 4.06. The average Bonchev–Trinajstić information content (AvgIpc) is 3.30. The molecular formula is C18H30N2O. The standard InChI is InChI=1S/C18H30N2O/c1-14(2)15(3)20(4)12-18(13-21,19-17-10-11-17)16-8-6-5-7-9-16/h5-9,14-15,17,19,21H,10-13H2,1-4H3. The third-order valence-corrected chi connectivity index (χ3v) is 4.83. The van der Waals surface area contributed by atoms with Gasteiger partial charge in [0.15, 0.2) is 0 Å². The fourth-order valence-electron chi connectivity index (χ4n) is 2.86. The van der Waals surface area contributed by atoms with E-state index in [9.17, 15) is 5.11 Å². The van der Waals surface area contributed by atoms with E-state index in [4.69, 9.17) is 0 Å². The number of nitrogens with zero attached hydrogens (tertiary/aromatic N) is 1. The van der Waals surface area contributed by atoms with Gasteiger partial charge in [-0.15, -0.1) is 0 Å². The Morgan fingerprint density at radius 2 is 1.86 bits per heavy atom. The average molecular weight is 290 g/mol. The maximum atomic E-state index is 10.2. The Kier molecular flexibility index (Phi) is 5.42. The van der Waals surface area contributed by atoms with Gasteiger partial charge in [-0.2, -0.15) is 0 Å². The van der Waals surface area contributed by atoms with Crippen LogP contribution in [-0.2, 0) is 5.54 Å². The molecule has 3 nitrogen and oxygen atoms in total. The predicted octanol–water partition coefficient (Wildman–Crippen LogP) is 2.60. The summed E-state index contributed by atoms with van der Waals surface area (Å²) < 4.78 is 0. The van der Waals surface area contributed by atoms with E-state index in [1.165, 1.54) is 18.4 Å². The molecule has 2 rings (SSSR count). The number of aliphatic hydroxyl groups is 1. The SMILES string of the molecule is CC(C)C(C)N(C)CC(CO)(NC1CC1)c1ccccc1. The van der Waals surface area contributed by atoms with Crippen LogP contribution in [0.3, 0.4) is 0 Å². The van der Waals surface area contributed by atoms with Gasteiger partial charge in [0.2, 0.25) is 0 Å². The van der Waals surface area contributed by atoms with Crippen molar-refractivity contribution in [2.24, 2.45) is 5.92 Å². The summed E-state index contributed by atoms with van der Waals surface area (Å²) in [6.07, 6.45) is 2.44. The van der Waals surface area contributed by atoms with Gasteiger partial charge in [-0.05, 0) is 38.3 Å². The molecular weight excluding hydrogens is 260 g/mol. The van der Waals surface area contributed by atoms with Crippen molar-refractivity contribution < 1.29 is 5.11 Å². The summed E-state index contributed by atoms with van der Waals surface area (Å²) in [7, 11) is 2.16. The van der Waals surface area contributed by atoms with Crippen molar-refractivity contribution in [2.75, 3.05) is 20.2 Å². The summed E-state index contributed by atoms with van der Waals surface area (Å²) >= 11 is 0. The van der Waals surface area contributed by atoms with E-state index in [2.05, 4.69) is 62.3 Å². The predicted molar refractivity (Wildman–Crippen MR) is 88.3 cm³/mol. The Morgan fingerprint density at radius 3 is 2.33 bits per heavy atom. The molecule has 0 saturated heterocycles. The van der Waals surface area contributed by atoms with E-state index < -0.39 is 0 Å². The molecule has 0 spiro atoms. The van der Waals surface area contributed by atoms with E-state index in [0.29, 0.717) is 18.0 Å². The summed E-state index contributed by atoms with van der Waals surface area (Å²) in [6.45, 7) is 7.71.